The van der Waals surface area contributed by atoms with Crippen LogP contribution in [-0.4, -0.2) is 18.4 Å². The quantitative estimate of drug-likeness (QED) is 0.589. The smallest absolute Gasteiger partial charge is 0.305 e. The molecule has 3 nitrogen and oxygen atoms in total. The van der Waals surface area contributed by atoms with Crippen molar-refractivity contribution in [1.82, 2.24) is 0 Å². The van der Waals surface area contributed by atoms with Crippen LogP contribution in [0.1, 0.15) is 36.5 Å². The van der Waals surface area contributed by atoms with Crippen LogP contribution in [-0.2, 0) is 9.53 Å². The van der Waals surface area contributed by atoms with Crippen molar-refractivity contribution in [3.63, 3.8) is 0 Å². The van der Waals surface area contributed by atoms with Gasteiger partial charge in [-0.05, 0) is 31.5 Å². The third-order valence-electron chi connectivity index (χ3n) is 2.33. The van der Waals surface area contributed by atoms with Crippen molar-refractivity contribution < 1.29 is 18.7 Å². The van der Waals surface area contributed by atoms with Gasteiger partial charge in [-0.3, -0.25) is 9.59 Å². The fraction of sp³-hybridized carbons (Fsp3) is 0.385. The summed E-state index contributed by atoms with van der Waals surface area (Å²) in [7, 11) is 0. The first-order valence-electron chi connectivity index (χ1n) is 5.68. The summed E-state index contributed by atoms with van der Waals surface area (Å²) in [4.78, 5) is 22.8. The van der Waals surface area contributed by atoms with Crippen molar-refractivity contribution in [2.75, 3.05) is 6.61 Å². The van der Waals surface area contributed by atoms with Gasteiger partial charge in [-0.2, -0.15) is 0 Å². The third kappa shape index (κ3) is 4.45. The van der Waals surface area contributed by atoms with Crippen LogP contribution in [0.15, 0.2) is 18.2 Å². The van der Waals surface area contributed by atoms with Crippen molar-refractivity contribution in [1.29, 1.82) is 0 Å². The fourth-order valence-corrected chi connectivity index (χ4v) is 1.62. The average molecular weight is 273 g/mol. The van der Waals surface area contributed by atoms with Gasteiger partial charge in [0.15, 0.2) is 5.78 Å². The second-order valence-electron chi connectivity index (χ2n) is 3.71. The largest absolute Gasteiger partial charge is 0.466 e. The molecule has 0 aliphatic carbocycles. The van der Waals surface area contributed by atoms with E-state index in [0.717, 1.165) is 6.07 Å². The number of Topliss-reactive ketones (excluding diaryl/α,β-unsaturated/α-hetero) is 1. The number of carbonyl (C=O) groups is 2. The van der Waals surface area contributed by atoms with Crippen molar-refractivity contribution >= 4 is 23.4 Å². The van der Waals surface area contributed by atoms with Gasteiger partial charge >= 0.3 is 5.97 Å². The lowest BCUT2D eigenvalue weighted by molar-refractivity contribution is -0.143. The molecule has 0 aromatic heterocycles. The average Bonchev–Trinajstić information content (AvgIpc) is 2.33. The summed E-state index contributed by atoms with van der Waals surface area (Å²) in [6, 6.07) is 3.83. The van der Waals surface area contributed by atoms with E-state index in [1.54, 1.807) is 6.92 Å². The molecule has 18 heavy (non-hydrogen) atoms. The van der Waals surface area contributed by atoms with Crippen LogP contribution in [0, 0.1) is 5.82 Å². The van der Waals surface area contributed by atoms with Gasteiger partial charge < -0.3 is 4.74 Å². The topological polar surface area (TPSA) is 43.4 Å². The Morgan fingerprint density at radius 2 is 2.06 bits per heavy atom. The van der Waals surface area contributed by atoms with Gasteiger partial charge in [-0.1, -0.05) is 11.6 Å². The minimum atomic E-state index is -0.556. The molecule has 0 saturated heterocycles. The Morgan fingerprint density at radius 3 is 2.67 bits per heavy atom. The Labute approximate surface area is 110 Å². The summed E-state index contributed by atoms with van der Waals surface area (Å²) < 4.78 is 17.6. The highest BCUT2D eigenvalue weighted by molar-refractivity contribution is 6.31. The number of hydrogen-bond donors (Lipinski definition) is 0. The van der Waals surface area contributed by atoms with Gasteiger partial charge in [0.25, 0.3) is 0 Å². The molecule has 0 heterocycles. The van der Waals surface area contributed by atoms with Crippen molar-refractivity contribution in [2.24, 2.45) is 0 Å². The minimum absolute atomic E-state index is 0.0776. The van der Waals surface area contributed by atoms with Crippen LogP contribution in [0.4, 0.5) is 4.39 Å². The molecule has 1 aromatic carbocycles. The minimum Gasteiger partial charge on any atom is -0.466 e. The Kier molecular flexibility index (Phi) is 5.78. The first kappa shape index (κ1) is 14.6. The maximum atomic E-state index is 12.9. The van der Waals surface area contributed by atoms with E-state index in [4.69, 9.17) is 16.3 Å². The number of carbonyl (C=O) groups excluding carboxylic acids is 2. The van der Waals surface area contributed by atoms with Crippen LogP contribution < -0.4 is 0 Å². The zero-order chi connectivity index (χ0) is 13.5. The maximum Gasteiger partial charge on any atom is 0.305 e. The molecule has 0 saturated carbocycles. The first-order valence-corrected chi connectivity index (χ1v) is 6.06. The molecule has 0 N–H and O–H groups in total. The Morgan fingerprint density at radius 1 is 1.33 bits per heavy atom. The van der Waals surface area contributed by atoms with E-state index in [0.29, 0.717) is 18.6 Å². The molecule has 0 aliphatic rings. The number of benzene rings is 1. The lowest BCUT2D eigenvalue weighted by atomic mass is 10.1. The van der Waals surface area contributed by atoms with E-state index in [-0.39, 0.29) is 29.6 Å². The summed E-state index contributed by atoms with van der Waals surface area (Å²) in [5.41, 5.74) is 0.352. The molecular weight excluding hydrogens is 259 g/mol. The molecule has 5 heteroatoms. The number of halogens is 2. The predicted molar refractivity (Wildman–Crippen MR) is 66.2 cm³/mol. The van der Waals surface area contributed by atoms with E-state index in [9.17, 15) is 14.0 Å². The van der Waals surface area contributed by atoms with Crippen LogP contribution in [0.2, 0.25) is 5.02 Å². The standard InChI is InChI=1S/C13H14ClFO3/c1-2-18-13(17)5-3-4-12(16)9-6-7-11(15)10(14)8-9/h6-8H,2-5H2,1H3. The molecule has 0 fully saturated rings. The van der Waals surface area contributed by atoms with Crippen LogP contribution >= 0.6 is 11.6 Å². The lowest BCUT2D eigenvalue weighted by Gasteiger charge is -2.03. The molecule has 0 atom stereocenters. The van der Waals surface area contributed by atoms with Crippen molar-refractivity contribution in [2.45, 2.75) is 26.2 Å². The zero-order valence-electron chi connectivity index (χ0n) is 10.0. The van der Waals surface area contributed by atoms with E-state index >= 15 is 0 Å². The van der Waals surface area contributed by atoms with Gasteiger partial charge in [-0.15, -0.1) is 0 Å². The Balaban J connectivity index is 2.45. The van der Waals surface area contributed by atoms with Crippen LogP contribution in [0.25, 0.3) is 0 Å². The SMILES string of the molecule is CCOC(=O)CCCC(=O)c1ccc(F)c(Cl)c1. The molecule has 0 spiro atoms. The molecule has 1 aromatic rings. The van der Waals surface area contributed by atoms with Gasteiger partial charge in [0.05, 0.1) is 11.6 Å². The van der Waals surface area contributed by atoms with E-state index < -0.39 is 5.82 Å². The maximum absolute atomic E-state index is 12.9. The van der Waals surface area contributed by atoms with Crippen LogP contribution in [0.5, 0.6) is 0 Å². The molecule has 0 bridgehead atoms. The van der Waals surface area contributed by atoms with E-state index in [1.807, 2.05) is 0 Å². The molecule has 98 valence electrons. The number of ketones is 1. The third-order valence-corrected chi connectivity index (χ3v) is 2.62. The molecular formula is C13H14ClFO3. The van der Waals surface area contributed by atoms with Gasteiger partial charge in [0, 0.05) is 18.4 Å². The number of esters is 1. The highest BCUT2D eigenvalue weighted by Crippen LogP contribution is 2.17. The van der Waals surface area contributed by atoms with E-state index in [2.05, 4.69) is 0 Å². The number of ether oxygens (including phenoxy) is 1. The van der Waals surface area contributed by atoms with Gasteiger partial charge in [-0.25, -0.2) is 4.39 Å². The van der Waals surface area contributed by atoms with Crippen molar-refractivity contribution in [3.05, 3.63) is 34.6 Å². The second kappa shape index (κ2) is 7.11. The van der Waals surface area contributed by atoms with Crippen LogP contribution in [0.3, 0.4) is 0 Å². The fourth-order valence-electron chi connectivity index (χ4n) is 1.44. The van der Waals surface area contributed by atoms with Crippen molar-refractivity contribution in [3.8, 4) is 0 Å². The summed E-state index contributed by atoms with van der Waals surface area (Å²) in [6.45, 7) is 2.06. The summed E-state index contributed by atoms with van der Waals surface area (Å²) >= 11 is 5.58. The highest BCUT2D eigenvalue weighted by atomic mass is 35.5. The Bertz CT molecular complexity index is 446. The van der Waals surface area contributed by atoms with E-state index in [1.165, 1.54) is 12.1 Å². The zero-order valence-corrected chi connectivity index (χ0v) is 10.8. The summed E-state index contributed by atoms with van der Waals surface area (Å²) in [6.07, 6.45) is 0.821. The second-order valence-corrected chi connectivity index (χ2v) is 4.12. The predicted octanol–water partition coefficient (Wildman–Crippen LogP) is 3.40. The molecule has 0 radical (unpaired) electrons. The normalized spacial score (nSPS) is 10.2. The first-order chi connectivity index (χ1) is 8.54. The number of hydrogen-bond acceptors (Lipinski definition) is 3. The van der Waals surface area contributed by atoms with Gasteiger partial charge in [0.2, 0.25) is 0 Å². The lowest BCUT2D eigenvalue weighted by Crippen LogP contribution is -2.06. The van der Waals surface area contributed by atoms with Gasteiger partial charge in [0.1, 0.15) is 5.82 Å². The number of rotatable bonds is 6. The molecule has 0 amide bonds. The Hall–Kier alpha value is -1.42. The molecule has 0 unspecified atom stereocenters. The summed E-state index contributed by atoms with van der Waals surface area (Å²) in [5, 5.41) is -0.0776. The highest BCUT2D eigenvalue weighted by Gasteiger charge is 2.10. The molecule has 1 rings (SSSR count). The monoisotopic (exact) mass is 272 g/mol. The molecule has 0 aliphatic heterocycles. The summed E-state index contributed by atoms with van der Waals surface area (Å²) in [5.74, 6) is -1.04.